The van der Waals surface area contributed by atoms with Crippen LogP contribution in [0, 0.1) is 0 Å². The summed E-state index contributed by atoms with van der Waals surface area (Å²) in [5.41, 5.74) is 0.622. The maximum Gasteiger partial charge on any atom is 0.235 e. The maximum atomic E-state index is 11.5. The van der Waals surface area contributed by atoms with Crippen LogP contribution in [0.15, 0.2) is 23.9 Å². The van der Waals surface area contributed by atoms with Gasteiger partial charge in [-0.05, 0) is 26.3 Å². The smallest absolute Gasteiger partial charge is 0.235 e. The zero-order chi connectivity index (χ0) is 11.5. The molecule has 1 aliphatic carbocycles. The maximum absolute atomic E-state index is 11.5. The van der Waals surface area contributed by atoms with Gasteiger partial charge in [0.1, 0.15) is 0 Å². The average Bonchev–Trinajstić information content (AvgIpc) is 2.18. The van der Waals surface area contributed by atoms with Crippen molar-refractivity contribution in [2.75, 3.05) is 7.11 Å². The standard InChI is InChI=1S/C10H17NO3S/c1-8(2)15(12,13)11-9-4-6-10(14-3)7-5-9/h4-6,8,10-11H,7H2,1-3H3. The molecule has 0 amide bonds. The molecule has 0 saturated carbocycles. The number of hydrogen-bond acceptors (Lipinski definition) is 3. The van der Waals surface area contributed by atoms with Crippen molar-refractivity contribution in [3.63, 3.8) is 0 Å². The third kappa shape index (κ3) is 3.35. The summed E-state index contributed by atoms with van der Waals surface area (Å²) in [7, 11) is -1.60. The SMILES string of the molecule is COC1C=CC(NS(=O)(=O)C(C)C)=CC1. The molecule has 0 bridgehead atoms. The third-order valence-electron chi connectivity index (χ3n) is 2.24. The Morgan fingerprint density at radius 2 is 2.20 bits per heavy atom. The monoisotopic (exact) mass is 231 g/mol. The Bertz CT molecular complexity index is 368. The van der Waals surface area contributed by atoms with Gasteiger partial charge < -0.3 is 4.74 Å². The fourth-order valence-corrected chi connectivity index (χ4v) is 1.85. The van der Waals surface area contributed by atoms with Crippen LogP contribution in [0.2, 0.25) is 0 Å². The molecule has 1 atom stereocenters. The van der Waals surface area contributed by atoms with E-state index in [4.69, 9.17) is 4.74 Å². The van der Waals surface area contributed by atoms with Crippen molar-refractivity contribution in [3.05, 3.63) is 23.9 Å². The van der Waals surface area contributed by atoms with Gasteiger partial charge in [0.2, 0.25) is 10.0 Å². The fraction of sp³-hybridized carbons (Fsp3) is 0.600. The van der Waals surface area contributed by atoms with E-state index in [2.05, 4.69) is 4.72 Å². The first-order chi connectivity index (χ1) is 6.95. The molecule has 0 spiro atoms. The average molecular weight is 231 g/mol. The Hall–Kier alpha value is -0.810. The second kappa shape index (κ2) is 4.81. The highest BCUT2D eigenvalue weighted by Crippen LogP contribution is 2.12. The Kier molecular flexibility index (Phi) is 3.93. The molecule has 0 aliphatic heterocycles. The highest BCUT2D eigenvalue weighted by molar-refractivity contribution is 7.90. The Balaban J connectivity index is 2.64. The topological polar surface area (TPSA) is 55.4 Å². The van der Waals surface area contributed by atoms with Crippen molar-refractivity contribution < 1.29 is 13.2 Å². The molecule has 15 heavy (non-hydrogen) atoms. The summed E-state index contributed by atoms with van der Waals surface area (Å²) in [6.45, 7) is 3.29. The zero-order valence-electron chi connectivity index (χ0n) is 9.23. The second-order valence-electron chi connectivity index (χ2n) is 3.72. The van der Waals surface area contributed by atoms with E-state index in [1.54, 1.807) is 27.0 Å². The highest BCUT2D eigenvalue weighted by atomic mass is 32.2. The minimum absolute atomic E-state index is 0.0531. The van der Waals surface area contributed by atoms with E-state index in [1.807, 2.05) is 12.2 Å². The summed E-state index contributed by atoms with van der Waals surface area (Å²) in [6, 6.07) is 0. The summed E-state index contributed by atoms with van der Waals surface area (Å²) in [5.74, 6) is 0. The van der Waals surface area contributed by atoms with Crippen LogP contribution in [0.3, 0.4) is 0 Å². The number of rotatable bonds is 4. The predicted molar refractivity (Wildman–Crippen MR) is 59.8 cm³/mol. The highest BCUT2D eigenvalue weighted by Gasteiger charge is 2.17. The van der Waals surface area contributed by atoms with E-state index in [9.17, 15) is 8.42 Å². The van der Waals surface area contributed by atoms with Crippen LogP contribution in [-0.4, -0.2) is 26.9 Å². The minimum Gasteiger partial charge on any atom is -0.377 e. The molecule has 0 aromatic heterocycles. The van der Waals surface area contributed by atoms with Gasteiger partial charge in [-0.15, -0.1) is 0 Å². The lowest BCUT2D eigenvalue weighted by molar-refractivity contribution is 0.142. The van der Waals surface area contributed by atoms with E-state index < -0.39 is 15.3 Å². The number of nitrogens with one attached hydrogen (secondary N) is 1. The number of hydrogen-bond donors (Lipinski definition) is 1. The predicted octanol–water partition coefficient (Wildman–Crippen LogP) is 1.17. The van der Waals surface area contributed by atoms with Gasteiger partial charge in [0.05, 0.1) is 11.4 Å². The van der Waals surface area contributed by atoms with E-state index >= 15 is 0 Å². The minimum atomic E-state index is -3.23. The molecule has 1 rings (SSSR count). The van der Waals surface area contributed by atoms with E-state index in [-0.39, 0.29) is 6.10 Å². The number of sulfonamides is 1. The summed E-state index contributed by atoms with van der Waals surface area (Å²) in [4.78, 5) is 0. The molecule has 0 heterocycles. The Morgan fingerprint density at radius 1 is 1.53 bits per heavy atom. The third-order valence-corrected chi connectivity index (χ3v) is 4.01. The van der Waals surface area contributed by atoms with Crippen molar-refractivity contribution in [1.82, 2.24) is 4.72 Å². The second-order valence-corrected chi connectivity index (χ2v) is 5.96. The summed E-state index contributed by atoms with van der Waals surface area (Å²) >= 11 is 0. The van der Waals surface area contributed by atoms with Gasteiger partial charge in [-0.2, -0.15) is 0 Å². The largest absolute Gasteiger partial charge is 0.377 e. The van der Waals surface area contributed by atoms with E-state index in [0.717, 1.165) is 0 Å². The van der Waals surface area contributed by atoms with Gasteiger partial charge in [-0.1, -0.05) is 12.2 Å². The lowest BCUT2D eigenvalue weighted by Gasteiger charge is -2.17. The van der Waals surface area contributed by atoms with E-state index in [1.165, 1.54) is 0 Å². The van der Waals surface area contributed by atoms with E-state index in [0.29, 0.717) is 12.1 Å². The van der Waals surface area contributed by atoms with Gasteiger partial charge in [0.25, 0.3) is 0 Å². The quantitative estimate of drug-likeness (QED) is 0.790. The van der Waals surface area contributed by atoms with Crippen molar-refractivity contribution in [1.29, 1.82) is 0 Å². The lowest BCUT2D eigenvalue weighted by Crippen LogP contribution is -2.30. The first-order valence-corrected chi connectivity index (χ1v) is 6.43. The molecule has 0 radical (unpaired) electrons. The van der Waals surface area contributed by atoms with Crippen LogP contribution in [0.4, 0.5) is 0 Å². The zero-order valence-corrected chi connectivity index (χ0v) is 10.0. The van der Waals surface area contributed by atoms with Crippen molar-refractivity contribution in [3.8, 4) is 0 Å². The molecule has 1 unspecified atom stereocenters. The molecule has 1 aliphatic rings. The van der Waals surface area contributed by atoms with Crippen LogP contribution in [0.1, 0.15) is 20.3 Å². The molecule has 0 aromatic carbocycles. The lowest BCUT2D eigenvalue weighted by atomic mass is 10.1. The van der Waals surface area contributed by atoms with Gasteiger partial charge in [0.15, 0.2) is 0 Å². The van der Waals surface area contributed by atoms with Gasteiger partial charge in [-0.25, -0.2) is 8.42 Å². The van der Waals surface area contributed by atoms with Crippen molar-refractivity contribution >= 4 is 10.0 Å². The molecule has 5 heteroatoms. The van der Waals surface area contributed by atoms with Gasteiger partial charge in [0, 0.05) is 12.8 Å². The first-order valence-electron chi connectivity index (χ1n) is 4.88. The molecular formula is C10H17NO3S. The molecule has 0 saturated heterocycles. The molecule has 1 N–H and O–H groups in total. The van der Waals surface area contributed by atoms with Crippen molar-refractivity contribution in [2.24, 2.45) is 0 Å². The van der Waals surface area contributed by atoms with Crippen LogP contribution in [0.5, 0.6) is 0 Å². The summed E-state index contributed by atoms with van der Waals surface area (Å²) in [6.07, 6.45) is 6.16. The summed E-state index contributed by atoms with van der Waals surface area (Å²) < 4.78 is 30.7. The number of methoxy groups -OCH3 is 1. The van der Waals surface area contributed by atoms with Crippen molar-refractivity contribution in [2.45, 2.75) is 31.6 Å². The normalized spacial score (nSPS) is 21.6. The van der Waals surface area contributed by atoms with Crippen LogP contribution < -0.4 is 4.72 Å². The van der Waals surface area contributed by atoms with Crippen LogP contribution in [-0.2, 0) is 14.8 Å². The summed E-state index contributed by atoms with van der Waals surface area (Å²) in [5, 5.41) is -0.424. The molecule has 86 valence electrons. The van der Waals surface area contributed by atoms with Crippen LogP contribution in [0.25, 0.3) is 0 Å². The number of allylic oxidation sites excluding steroid dienone is 1. The molecule has 0 fully saturated rings. The fourth-order valence-electron chi connectivity index (χ4n) is 1.13. The van der Waals surface area contributed by atoms with Gasteiger partial charge >= 0.3 is 0 Å². The van der Waals surface area contributed by atoms with Crippen LogP contribution >= 0.6 is 0 Å². The Morgan fingerprint density at radius 3 is 2.60 bits per heavy atom. The number of ether oxygens (including phenoxy) is 1. The first kappa shape index (κ1) is 12.3. The Labute approximate surface area is 91.1 Å². The molecule has 0 aromatic rings. The molecular weight excluding hydrogens is 214 g/mol. The molecule has 4 nitrogen and oxygen atoms in total. The van der Waals surface area contributed by atoms with Gasteiger partial charge in [-0.3, -0.25) is 4.72 Å².